The van der Waals surface area contributed by atoms with Crippen molar-refractivity contribution in [3.05, 3.63) is 110 Å². The van der Waals surface area contributed by atoms with Crippen LogP contribution in [-0.4, -0.2) is 25.9 Å². The Hall–Kier alpha value is -3.06. The molecule has 0 N–H and O–H groups in total. The topological polar surface area (TPSA) is 121 Å². The van der Waals surface area contributed by atoms with Crippen molar-refractivity contribution in [1.82, 2.24) is 9.97 Å². The Morgan fingerprint density at radius 1 is 0.780 bits per heavy atom. The van der Waals surface area contributed by atoms with Crippen LogP contribution in [0, 0.1) is 47.9 Å². The van der Waals surface area contributed by atoms with Gasteiger partial charge in [0.25, 0.3) is 11.4 Å². The average Bonchev–Trinajstić information content (AvgIpc) is 3.56. The summed E-state index contributed by atoms with van der Waals surface area (Å²) in [5, 5.41) is 28.6. The molecule has 0 spiro atoms. The number of aromatic nitrogens is 2. The van der Waals surface area contributed by atoms with Gasteiger partial charge in [-0.15, -0.1) is 22.7 Å². The van der Waals surface area contributed by atoms with Crippen molar-refractivity contribution >= 4 is 50.0 Å². The molecule has 0 aliphatic rings. The third-order valence-corrected chi connectivity index (χ3v) is 8.66. The Labute approximate surface area is 256 Å². The molecule has 0 bridgehead atoms. The number of nitro groups is 2. The zero-order valence-electron chi connectivity index (χ0n) is 23.9. The van der Waals surface area contributed by atoms with Crippen LogP contribution >= 0.6 is 38.6 Å². The quantitative estimate of drug-likeness (QED) is 0.0952. The fraction of sp³-hybridized carbons (Fsp3) is 0.379. The van der Waals surface area contributed by atoms with E-state index in [0.29, 0.717) is 24.2 Å². The molecule has 2 heterocycles. The van der Waals surface area contributed by atoms with Gasteiger partial charge in [-0.3, -0.25) is 20.2 Å². The summed E-state index contributed by atoms with van der Waals surface area (Å²) in [5.74, 6) is 0. The number of benzene rings is 2. The van der Waals surface area contributed by atoms with Crippen LogP contribution in [-0.2, 0) is 29.5 Å². The molecule has 2 aromatic carbocycles. The fourth-order valence-electron chi connectivity index (χ4n) is 4.06. The molecular formula is C29H33BrN4O5S2. The molecule has 4 aromatic rings. The predicted octanol–water partition coefficient (Wildman–Crippen LogP) is 8.34. The second-order valence-electron chi connectivity index (χ2n) is 9.96. The van der Waals surface area contributed by atoms with Crippen LogP contribution in [0.25, 0.3) is 0 Å². The Morgan fingerprint density at radius 3 is 1.61 bits per heavy atom. The molecule has 2 aromatic heterocycles. The zero-order valence-corrected chi connectivity index (χ0v) is 27.1. The first-order valence-electron chi connectivity index (χ1n) is 12.9. The van der Waals surface area contributed by atoms with E-state index in [0.717, 1.165) is 55.4 Å². The van der Waals surface area contributed by atoms with Crippen LogP contribution in [0.2, 0.25) is 0 Å². The highest BCUT2D eigenvalue weighted by molar-refractivity contribution is 9.08. The lowest BCUT2D eigenvalue weighted by atomic mass is 10.0. The number of hydrogen-bond acceptors (Lipinski definition) is 9. The van der Waals surface area contributed by atoms with Gasteiger partial charge in [0.05, 0.1) is 44.0 Å². The maximum atomic E-state index is 11.0. The van der Waals surface area contributed by atoms with Crippen LogP contribution in [0.4, 0.5) is 11.4 Å². The van der Waals surface area contributed by atoms with Crippen LogP contribution in [0.3, 0.4) is 0 Å². The van der Waals surface area contributed by atoms with Crippen molar-refractivity contribution in [3.63, 3.8) is 0 Å². The number of ether oxygens (including phenoxy) is 1. The number of alkyl halides is 1. The number of thiazole rings is 2. The van der Waals surface area contributed by atoms with Gasteiger partial charge in [-0.1, -0.05) is 15.9 Å². The van der Waals surface area contributed by atoms with E-state index in [4.69, 9.17) is 4.74 Å². The monoisotopic (exact) mass is 660 g/mol. The third kappa shape index (κ3) is 9.22. The Balaban J connectivity index is 0.000000228. The van der Waals surface area contributed by atoms with Crippen LogP contribution in [0.15, 0.2) is 35.0 Å². The molecule has 218 valence electrons. The Morgan fingerprint density at radius 2 is 1.22 bits per heavy atom. The van der Waals surface area contributed by atoms with Gasteiger partial charge in [-0.05, 0) is 75.9 Å². The average molecular weight is 662 g/mol. The van der Waals surface area contributed by atoms with Gasteiger partial charge in [0.1, 0.15) is 0 Å². The lowest BCUT2D eigenvalue weighted by molar-refractivity contribution is -0.385. The largest absolute Gasteiger partial charge is 0.372 e. The second-order valence-corrected chi connectivity index (χ2v) is 12.4. The third-order valence-electron chi connectivity index (χ3n) is 6.29. The van der Waals surface area contributed by atoms with E-state index >= 15 is 0 Å². The fourth-order valence-corrected chi connectivity index (χ4v) is 6.18. The van der Waals surface area contributed by atoms with Crippen LogP contribution < -0.4 is 0 Å². The SMILES string of the molecule is Cc1cc([N+](=O)[O-])c(C)cc1Cc1nc(CBr)cs1.Cc1cc([N+](=O)[O-])c(C)cc1Cc1nc(COC(C)C)cs1. The smallest absolute Gasteiger partial charge is 0.272 e. The van der Waals surface area contributed by atoms with Crippen molar-refractivity contribution in [2.24, 2.45) is 0 Å². The molecular weight excluding hydrogens is 628 g/mol. The zero-order chi connectivity index (χ0) is 30.3. The van der Waals surface area contributed by atoms with Gasteiger partial charge in [0.15, 0.2) is 0 Å². The minimum absolute atomic E-state index is 0.173. The number of rotatable bonds is 10. The summed E-state index contributed by atoms with van der Waals surface area (Å²) in [7, 11) is 0. The molecule has 0 radical (unpaired) electrons. The van der Waals surface area contributed by atoms with Gasteiger partial charge in [0.2, 0.25) is 0 Å². The number of aryl methyl sites for hydroxylation is 4. The first-order valence-corrected chi connectivity index (χ1v) is 15.8. The van der Waals surface area contributed by atoms with E-state index in [-0.39, 0.29) is 27.3 Å². The summed E-state index contributed by atoms with van der Waals surface area (Å²) < 4.78 is 5.55. The second kappa shape index (κ2) is 14.7. The summed E-state index contributed by atoms with van der Waals surface area (Å²) in [6, 6.07) is 7.06. The molecule has 0 aliphatic carbocycles. The summed E-state index contributed by atoms with van der Waals surface area (Å²) >= 11 is 6.59. The molecule has 0 fully saturated rings. The highest BCUT2D eigenvalue weighted by Gasteiger charge is 2.16. The van der Waals surface area contributed by atoms with E-state index in [1.54, 1.807) is 48.7 Å². The normalized spacial score (nSPS) is 10.9. The van der Waals surface area contributed by atoms with Gasteiger partial charge < -0.3 is 4.74 Å². The molecule has 0 amide bonds. The number of nitrogens with zero attached hydrogens (tertiary/aromatic N) is 4. The van der Waals surface area contributed by atoms with Crippen molar-refractivity contribution < 1.29 is 14.6 Å². The minimum Gasteiger partial charge on any atom is -0.372 e. The van der Waals surface area contributed by atoms with Crippen LogP contribution in [0.1, 0.15) is 68.6 Å². The van der Waals surface area contributed by atoms with Crippen molar-refractivity contribution in [1.29, 1.82) is 0 Å². The maximum absolute atomic E-state index is 11.0. The van der Waals surface area contributed by atoms with E-state index in [9.17, 15) is 20.2 Å². The highest BCUT2D eigenvalue weighted by atomic mass is 79.9. The summed E-state index contributed by atoms with van der Waals surface area (Å²) in [6.07, 6.45) is 1.60. The van der Waals surface area contributed by atoms with Crippen molar-refractivity contribution in [3.8, 4) is 0 Å². The van der Waals surface area contributed by atoms with Crippen LogP contribution in [0.5, 0.6) is 0 Å². The first-order chi connectivity index (χ1) is 19.4. The summed E-state index contributed by atoms with van der Waals surface area (Å²) in [4.78, 5) is 30.2. The number of hydrogen-bond donors (Lipinski definition) is 0. The van der Waals surface area contributed by atoms with Gasteiger partial charge in [-0.2, -0.15) is 0 Å². The molecule has 0 atom stereocenters. The van der Waals surface area contributed by atoms with E-state index in [2.05, 4.69) is 25.9 Å². The molecule has 9 nitrogen and oxygen atoms in total. The Kier molecular flexibility index (Phi) is 11.6. The van der Waals surface area contributed by atoms with Crippen molar-refractivity contribution in [2.45, 2.75) is 72.4 Å². The molecule has 41 heavy (non-hydrogen) atoms. The van der Waals surface area contributed by atoms with E-state index < -0.39 is 0 Å². The summed E-state index contributed by atoms with van der Waals surface area (Å²) in [5.41, 5.74) is 7.73. The number of halogens is 1. The van der Waals surface area contributed by atoms with Gasteiger partial charge >= 0.3 is 0 Å². The van der Waals surface area contributed by atoms with E-state index in [1.807, 2.05) is 50.6 Å². The first kappa shape index (κ1) is 32.5. The maximum Gasteiger partial charge on any atom is 0.272 e. The van der Waals surface area contributed by atoms with E-state index in [1.165, 1.54) is 0 Å². The number of nitro benzene ring substituents is 2. The molecule has 12 heteroatoms. The lowest BCUT2D eigenvalue weighted by Crippen LogP contribution is -2.02. The predicted molar refractivity (Wildman–Crippen MR) is 168 cm³/mol. The molecule has 4 rings (SSSR count). The van der Waals surface area contributed by atoms with Gasteiger partial charge in [-0.25, -0.2) is 9.97 Å². The highest BCUT2D eigenvalue weighted by Crippen LogP contribution is 2.27. The summed E-state index contributed by atoms with van der Waals surface area (Å²) in [6.45, 7) is 11.9. The minimum atomic E-state index is -0.336. The molecule has 0 aliphatic heterocycles. The van der Waals surface area contributed by atoms with Crippen molar-refractivity contribution in [2.75, 3.05) is 0 Å². The van der Waals surface area contributed by atoms with Gasteiger partial charge in [0, 0.05) is 52.2 Å². The molecule has 0 saturated carbocycles. The lowest BCUT2D eigenvalue weighted by Gasteiger charge is -2.06. The molecule has 0 unspecified atom stereocenters. The molecule has 0 saturated heterocycles. The Bertz CT molecular complexity index is 1530. The standard InChI is InChI=1S/C16H20N2O3S.C13H13BrN2O2S/c1-10(2)21-8-14-9-22-16(17-14)7-13-5-12(4)15(18(19)20)6-11(13)3;1-8-4-12(16(17)18)9(2)3-10(8)5-13-15-11(6-14)7-19-13/h5-6,9-10H,7-8H2,1-4H3;3-4,7H,5-6H2,1-2H3.